The molecule has 2 unspecified atom stereocenters. The zero-order chi connectivity index (χ0) is 15.3. The van der Waals surface area contributed by atoms with Gasteiger partial charge in [0.15, 0.2) is 0 Å². The fraction of sp³-hybridized carbons (Fsp3) is 0.571. The lowest BCUT2D eigenvalue weighted by molar-refractivity contribution is 0.0935. The second kappa shape index (κ2) is 7.86. The van der Waals surface area contributed by atoms with Crippen molar-refractivity contribution in [1.29, 1.82) is 0 Å². The highest BCUT2D eigenvalue weighted by Crippen LogP contribution is 2.18. The van der Waals surface area contributed by atoms with Gasteiger partial charge in [0.2, 0.25) is 0 Å². The lowest BCUT2D eigenvalue weighted by Crippen LogP contribution is -2.41. The van der Waals surface area contributed by atoms with Crippen molar-refractivity contribution in [1.82, 2.24) is 10.3 Å². The minimum Gasteiger partial charge on any atom is -0.395 e. The van der Waals surface area contributed by atoms with Gasteiger partial charge in [0, 0.05) is 22.5 Å². The van der Waals surface area contributed by atoms with E-state index in [1.807, 2.05) is 27.0 Å². The Labute approximate surface area is 129 Å². The number of rotatable bonds is 6. The maximum atomic E-state index is 12.2. The van der Waals surface area contributed by atoms with Crippen molar-refractivity contribution >= 4 is 29.3 Å². The smallest absolute Gasteiger partial charge is 0.251 e. The summed E-state index contributed by atoms with van der Waals surface area (Å²) in [6.07, 6.45) is 1.91. The Hall–Kier alpha value is -0.780. The van der Waals surface area contributed by atoms with Crippen LogP contribution in [0.3, 0.4) is 0 Å². The van der Waals surface area contributed by atoms with Crippen molar-refractivity contribution < 1.29 is 9.90 Å². The van der Waals surface area contributed by atoms with E-state index in [4.69, 9.17) is 11.6 Å². The number of nitrogens with one attached hydrogen (secondary N) is 1. The summed E-state index contributed by atoms with van der Waals surface area (Å²) in [6.45, 7) is 5.90. The highest BCUT2D eigenvalue weighted by molar-refractivity contribution is 7.99. The van der Waals surface area contributed by atoms with E-state index in [1.54, 1.807) is 12.1 Å². The Morgan fingerprint density at radius 3 is 2.60 bits per heavy atom. The molecule has 0 aliphatic carbocycles. The van der Waals surface area contributed by atoms with Gasteiger partial charge >= 0.3 is 0 Å². The number of hydrogen-bond donors (Lipinski definition) is 2. The summed E-state index contributed by atoms with van der Waals surface area (Å²) in [4.78, 5) is 16.4. The second-order valence-electron chi connectivity index (χ2n) is 4.98. The number of aliphatic hydroxyl groups excluding tert-OH is 1. The number of aromatic nitrogens is 1. The first-order valence-electron chi connectivity index (χ1n) is 6.51. The van der Waals surface area contributed by atoms with Gasteiger partial charge < -0.3 is 10.4 Å². The lowest BCUT2D eigenvalue weighted by Gasteiger charge is -2.21. The predicted octanol–water partition coefficient (Wildman–Crippen LogP) is 2.70. The molecule has 0 aliphatic rings. The van der Waals surface area contributed by atoms with Gasteiger partial charge in [-0.15, -0.1) is 0 Å². The molecule has 0 radical (unpaired) electrons. The number of thioether (sulfide) groups is 1. The molecule has 0 aliphatic heterocycles. The zero-order valence-electron chi connectivity index (χ0n) is 12.2. The van der Waals surface area contributed by atoms with Crippen LogP contribution in [0.2, 0.25) is 5.15 Å². The third kappa shape index (κ3) is 4.65. The summed E-state index contributed by atoms with van der Waals surface area (Å²) >= 11 is 7.48. The molecule has 1 aromatic rings. The average molecular weight is 317 g/mol. The Morgan fingerprint density at radius 1 is 1.45 bits per heavy atom. The lowest BCUT2D eigenvalue weighted by atomic mass is 10.1. The number of carbonyl (C=O) groups excluding carboxylic acids is 1. The van der Waals surface area contributed by atoms with Crippen molar-refractivity contribution in [3.05, 3.63) is 28.5 Å². The fourth-order valence-corrected chi connectivity index (χ4v) is 2.60. The van der Waals surface area contributed by atoms with Crippen LogP contribution in [-0.4, -0.2) is 40.2 Å². The van der Waals surface area contributed by atoms with Gasteiger partial charge in [0.25, 0.3) is 5.91 Å². The molecule has 1 rings (SSSR count). The number of halogens is 1. The van der Waals surface area contributed by atoms with Crippen LogP contribution in [0.5, 0.6) is 0 Å². The molecule has 112 valence electrons. The van der Waals surface area contributed by atoms with Crippen LogP contribution in [0.4, 0.5) is 0 Å². The van der Waals surface area contributed by atoms with Crippen LogP contribution >= 0.6 is 23.4 Å². The molecule has 1 heterocycles. The van der Waals surface area contributed by atoms with Crippen LogP contribution in [0, 0.1) is 0 Å². The van der Waals surface area contributed by atoms with E-state index in [1.165, 1.54) is 11.8 Å². The van der Waals surface area contributed by atoms with E-state index in [0.29, 0.717) is 10.7 Å². The van der Waals surface area contributed by atoms with Crippen molar-refractivity contribution in [2.75, 3.05) is 12.9 Å². The van der Waals surface area contributed by atoms with E-state index >= 15 is 0 Å². The number of carbonyl (C=O) groups is 1. The summed E-state index contributed by atoms with van der Waals surface area (Å²) < 4.78 is 0. The molecule has 0 bridgehead atoms. The summed E-state index contributed by atoms with van der Waals surface area (Å²) in [5.74, 6) is 0.00487. The van der Waals surface area contributed by atoms with E-state index in [2.05, 4.69) is 10.3 Å². The second-order valence-corrected chi connectivity index (χ2v) is 6.44. The first-order valence-corrected chi connectivity index (χ1v) is 8.17. The Bertz CT molecular complexity index is 464. The molecule has 1 aromatic heterocycles. The topological polar surface area (TPSA) is 62.2 Å². The van der Waals surface area contributed by atoms with Gasteiger partial charge in [-0.1, -0.05) is 25.4 Å². The molecule has 0 saturated carbocycles. The molecule has 0 saturated heterocycles. The molecule has 0 fully saturated rings. The number of aliphatic hydroxyl groups is 1. The molecule has 1 amide bonds. The Balaban J connectivity index is 2.87. The van der Waals surface area contributed by atoms with Crippen LogP contribution in [0.1, 0.15) is 42.7 Å². The van der Waals surface area contributed by atoms with E-state index < -0.39 is 0 Å². The summed E-state index contributed by atoms with van der Waals surface area (Å²) in [6, 6.07) is 3.19. The third-order valence-electron chi connectivity index (χ3n) is 3.07. The van der Waals surface area contributed by atoms with Gasteiger partial charge in [0.1, 0.15) is 5.15 Å². The molecular formula is C14H21ClN2O2S. The predicted molar refractivity (Wildman–Crippen MR) is 84.7 cm³/mol. The standard InChI is InChI=1S/C14H21ClN2O2S/c1-8(2)11-5-10(6-13(15)17-11)14(19)16-9(3)12(7-18)20-4/h5-6,8-9,12,18H,7H2,1-4H3,(H,16,19). The normalized spacial score (nSPS) is 14.2. The molecule has 6 heteroatoms. The molecule has 0 spiro atoms. The largest absolute Gasteiger partial charge is 0.395 e. The SMILES string of the molecule is CSC(CO)C(C)NC(=O)c1cc(Cl)nc(C(C)C)c1. The third-order valence-corrected chi connectivity index (χ3v) is 4.42. The average Bonchev–Trinajstić information content (AvgIpc) is 2.39. The summed E-state index contributed by atoms with van der Waals surface area (Å²) in [5, 5.41) is 12.4. The first-order chi connectivity index (χ1) is 9.38. The summed E-state index contributed by atoms with van der Waals surface area (Å²) in [5.41, 5.74) is 1.29. The van der Waals surface area contributed by atoms with Crippen LogP contribution in [0.15, 0.2) is 12.1 Å². The van der Waals surface area contributed by atoms with Gasteiger partial charge in [0.05, 0.1) is 6.61 Å². The maximum Gasteiger partial charge on any atom is 0.251 e. The maximum absolute atomic E-state index is 12.2. The van der Waals surface area contributed by atoms with Gasteiger partial charge in [-0.05, 0) is 31.2 Å². The van der Waals surface area contributed by atoms with Crippen molar-refractivity contribution in [2.24, 2.45) is 0 Å². The molecule has 20 heavy (non-hydrogen) atoms. The number of pyridine rings is 1. The number of amides is 1. The summed E-state index contributed by atoms with van der Waals surface area (Å²) in [7, 11) is 0. The quantitative estimate of drug-likeness (QED) is 0.792. The van der Waals surface area contributed by atoms with E-state index in [9.17, 15) is 9.90 Å². The Morgan fingerprint density at radius 2 is 2.10 bits per heavy atom. The van der Waals surface area contributed by atoms with Crippen LogP contribution in [-0.2, 0) is 0 Å². The van der Waals surface area contributed by atoms with E-state index in [-0.39, 0.29) is 29.7 Å². The number of hydrogen-bond acceptors (Lipinski definition) is 4. The highest BCUT2D eigenvalue weighted by atomic mass is 35.5. The van der Waals surface area contributed by atoms with Crippen LogP contribution in [0.25, 0.3) is 0 Å². The zero-order valence-corrected chi connectivity index (χ0v) is 13.8. The minimum atomic E-state index is -0.198. The van der Waals surface area contributed by atoms with Crippen molar-refractivity contribution in [3.8, 4) is 0 Å². The van der Waals surface area contributed by atoms with E-state index in [0.717, 1.165) is 5.69 Å². The van der Waals surface area contributed by atoms with Gasteiger partial charge in [-0.3, -0.25) is 4.79 Å². The molecule has 4 nitrogen and oxygen atoms in total. The Kier molecular flexibility index (Phi) is 6.79. The van der Waals surface area contributed by atoms with Gasteiger partial charge in [-0.2, -0.15) is 11.8 Å². The molecule has 0 aromatic carbocycles. The number of nitrogens with zero attached hydrogens (tertiary/aromatic N) is 1. The van der Waals surface area contributed by atoms with Crippen LogP contribution < -0.4 is 5.32 Å². The minimum absolute atomic E-state index is 0.0248. The van der Waals surface area contributed by atoms with Gasteiger partial charge in [-0.25, -0.2) is 4.98 Å². The van der Waals surface area contributed by atoms with Crippen molar-refractivity contribution in [2.45, 2.75) is 38.0 Å². The molecule has 2 atom stereocenters. The highest BCUT2D eigenvalue weighted by Gasteiger charge is 2.19. The fourth-order valence-electron chi connectivity index (χ4n) is 1.76. The monoisotopic (exact) mass is 316 g/mol. The molecular weight excluding hydrogens is 296 g/mol. The first kappa shape index (κ1) is 17.3. The molecule has 2 N–H and O–H groups in total. The van der Waals surface area contributed by atoms with Crippen molar-refractivity contribution in [3.63, 3.8) is 0 Å².